The number of nitrogens with zero attached hydrogens (tertiary/aromatic N) is 2. The Hall–Kier alpha value is -2.12. The van der Waals surface area contributed by atoms with Crippen LogP contribution >= 0.6 is 0 Å². The zero-order valence-corrected chi connectivity index (χ0v) is 16.0. The molecule has 1 heterocycles. The highest BCUT2D eigenvalue weighted by atomic mass is 16.5. The van der Waals surface area contributed by atoms with Gasteiger partial charge in [0, 0.05) is 19.6 Å². The van der Waals surface area contributed by atoms with E-state index in [0.717, 1.165) is 30.6 Å². The second kappa shape index (κ2) is 8.27. The molecule has 1 saturated heterocycles. The average molecular weight is 376 g/mol. The summed E-state index contributed by atoms with van der Waals surface area (Å²) < 4.78 is 11.0. The molecule has 1 N–H and O–H groups in total. The molecule has 7 nitrogen and oxygen atoms in total. The number of carbonyl (C=O) groups excluding carboxylic acids is 1. The summed E-state index contributed by atoms with van der Waals surface area (Å²) in [5, 5.41) is 8.91. The molecule has 148 valence electrons. The van der Waals surface area contributed by atoms with Crippen LogP contribution in [0.15, 0.2) is 24.3 Å². The highest BCUT2D eigenvalue weighted by Crippen LogP contribution is 2.45. The Balaban J connectivity index is 1.68. The van der Waals surface area contributed by atoms with Gasteiger partial charge < -0.3 is 19.5 Å². The standard InChI is InChI=1S/C20H28N2O5/c1-21(14-18(23)24)12-17-13-22(10-11-27-17)19(25)20(8-3-9-20)15-4-6-16(26-2)7-5-15/h4-7,17H,3,8-14H2,1-2H3,(H,23,24). The van der Waals surface area contributed by atoms with Crippen molar-refractivity contribution in [3.63, 3.8) is 0 Å². The lowest BCUT2D eigenvalue weighted by atomic mass is 9.63. The number of aliphatic carboxylic acids is 1. The molecule has 0 radical (unpaired) electrons. The number of rotatable bonds is 7. The number of hydrogen-bond donors (Lipinski definition) is 1. The van der Waals surface area contributed by atoms with E-state index in [-0.39, 0.29) is 18.6 Å². The van der Waals surface area contributed by atoms with E-state index < -0.39 is 11.4 Å². The first-order chi connectivity index (χ1) is 12.9. The van der Waals surface area contributed by atoms with E-state index in [1.54, 1.807) is 19.1 Å². The van der Waals surface area contributed by atoms with Crippen LogP contribution in [-0.4, -0.2) is 79.8 Å². The molecule has 1 aliphatic carbocycles. The fraction of sp³-hybridized carbons (Fsp3) is 0.600. The molecule has 27 heavy (non-hydrogen) atoms. The fourth-order valence-electron chi connectivity index (χ4n) is 4.03. The molecule has 1 aliphatic heterocycles. The topological polar surface area (TPSA) is 79.3 Å². The molecule has 1 aromatic rings. The van der Waals surface area contributed by atoms with Crippen molar-refractivity contribution in [1.29, 1.82) is 0 Å². The average Bonchev–Trinajstić information content (AvgIpc) is 2.60. The van der Waals surface area contributed by atoms with Gasteiger partial charge in [0.25, 0.3) is 0 Å². The van der Waals surface area contributed by atoms with E-state index in [1.807, 2.05) is 29.2 Å². The third-order valence-electron chi connectivity index (χ3n) is 5.61. The number of amides is 1. The maximum atomic E-state index is 13.4. The van der Waals surface area contributed by atoms with Crippen molar-refractivity contribution >= 4 is 11.9 Å². The molecule has 2 aliphatic rings. The van der Waals surface area contributed by atoms with Gasteiger partial charge in [0.15, 0.2) is 0 Å². The zero-order chi connectivity index (χ0) is 19.4. The first kappa shape index (κ1) is 19.6. The van der Waals surface area contributed by atoms with Crippen LogP contribution in [0.3, 0.4) is 0 Å². The van der Waals surface area contributed by atoms with Crippen molar-refractivity contribution < 1.29 is 24.2 Å². The van der Waals surface area contributed by atoms with Crippen molar-refractivity contribution in [2.75, 3.05) is 46.9 Å². The molecule has 1 atom stereocenters. The van der Waals surface area contributed by atoms with Gasteiger partial charge >= 0.3 is 5.97 Å². The highest BCUT2D eigenvalue weighted by Gasteiger charge is 2.48. The SMILES string of the molecule is COc1ccc(C2(C(=O)N3CCOC(CN(C)CC(=O)O)C3)CCC2)cc1. The first-order valence-corrected chi connectivity index (χ1v) is 9.40. The number of methoxy groups -OCH3 is 1. The molecule has 0 bridgehead atoms. The molecular weight excluding hydrogens is 348 g/mol. The van der Waals surface area contributed by atoms with E-state index in [1.165, 1.54) is 0 Å². The van der Waals surface area contributed by atoms with Crippen molar-refractivity contribution in [3.05, 3.63) is 29.8 Å². The minimum atomic E-state index is -0.867. The van der Waals surface area contributed by atoms with Crippen molar-refractivity contribution in [3.8, 4) is 5.75 Å². The van der Waals surface area contributed by atoms with Gasteiger partial charge in [-0.3, -0.25) is 14.5 Å². The summed E-state index contributed by atoms with van der Waals surface area (Å²) in [7, 11) is 3.39. The molecule has 2 fully saturated rings. The Kier molecular flexibility index (Phi) is 6.01. The van der Waals surface area contributed by atoms with Gasteiger partial charge in [-0.15, -0.1) is 0 Å². The molecule has 0 aromatic heterocycles. The van der Waals surface area contributed by atoms with Crippen LogP contribution < -0.4 is 4.74 Å². The summed E-state index contributed by atoms with van der Waals surface area (Å²) in [6.45, 7) is 2.02. The summed E-state index contributed by atoms with van der Waals surface area (Å²) in [5.74, 6) is 0.0795. The lowest BCUT2D eigenvalue weighted by Crippen LogP contribution is -2.57. The molecule has 1 aromatic carbocycles. The molecular formula is C20H28N2O5. The lowest BCUT2D eigenvalue weighted by Gasteiger charge is -2.46. The Bertz CT molecular complexity index is 671. The molecule has 1 amide bonds. The van der Waals surface area contributed by atoms with E-state index in [0.29, 0.717) is 26.2 Å². The van der Waals surface area contributed by atoms with Gasteiger partial charge in [-0.1, -0.05) is 18.6 Å². The van der Waals surface area contributed by atoms with Crippen LogP contribution in [0.2, 0.25) is 0 Å². The van der Waals surface area contributed by atoms with E-state index in [2.05, 4.69) is 0 Å². The smallest absolute Gasteiger partial charge is 0.317 e. The fourth-order valence-corrected chi connectivity index (χ4v) is 4.03. The quantitative estimate of drug-likeness (QED) is 0.774. The predicted octanol–water partition coefficient (Wildman–Crippen LogP) is 1.36. The molecule has 3 rings (SSSR count). The lowest BCUT2D eigenvalue weighted by molar-refractivity contribution is -0.150. The number of benzene rings is 1. The highest BCUT2D eigenvalue weighted by molar-refractivity contribution is 5.89. The summed E-state index contributed by atoms with van der Waals surface area (Å²) in [6.07, 6.45) is 2.60. The predicted molar refractivity (Wildman–Crippen MR) is 100.0 cm³/mol. The normalized spacial score (nSPS) is 21.6. The third-order valence-corrected chi connectivity index (χ3v) is 5.61. The van der Waals surface area contributed by atoms with Gasteiger partial charge in [-0.05, 0) is 37.6 Å². The maximum absolute atomic E-state index is 13.4. The third kappa shape index (κ3) is 4.25. The molecule has 0 spiro atoms. The van der Waals surface area contributed by atoms with Crippen LogP contribution in [0.25, 0.3) is 0 Å². The molecule has 1 saturated carbocycles. The van der Waals surface area contributed by atoms with E-state index in [9.17, 15) is 9.59 Å². The second-order valence-corrected chi connectivity index (χ2v) is 7.50. The summed E-state index contributed by atoms with van der Waals surface area (Å²) in [6, 6.07) is 7.81. The minimum Gasteiger partial charge on any atom is -0.497 e. The summed E-state index contributed by atoms with van der Waals surface area (Å²) >= 11 is 0. The number of likely N-dealkylation sites (N-methyl/N-ethyl adjacent to an activating group) is 1. The number of carbonyl (C=O) groups is 2. The number of ether oxygens (including phenoxy) is 2. The molecule has 1 unspecified atom stereocenters. The summed E-state index contributed by atoms with van der Waals surface area (Å²) in [5.41, 5.74) is 0.604. The van der Waals surface area contributed by atoms with Gasteiger partial charge in [0.1, 0.15) is 5.75 Å². The van der Waals surface area contributed by atoms with Crippen molar-refractivity contribution in [2.45, 2.75) is 30.8 Å². The van der Waals surface area contributed by atoms with Crippen molar-refractivity contribution in [1.82, 2.24) is 9.80 Å². The van der Waals surface area contributed by atoms with Gasteiger partial charge in [-0.2, -0.15) is 0 Å². The Morgan fingerprint density at radius 1 is 1.33 bits per heavy atom. The summed E-state index contributed by atoms with van der Waals surface area (Å²) in [4.78, 5) is 27.9. The van der Waals surface area contributed by atoms with E-state index in [4.69, 9.17) is 14.6 Å². The van der Waals surface area contributed by atoms with Crippen LogP contribution in [0.4, 0.5) is 0 Å². The minimum absolute atomic E-state index is 0.0381. The number of morpholine rings is 1. The van der Waals surface area contributed by atoms with Gasteiger partial charge in [0.05, 0.1) is 31.8 Å². The Morgan fingerprint density at radius 3 is 2.59 bits per heavy atom. The van der Waals surface area contributed by atoms with E-state index >= 15 is 0 Å². The van der Waals surface area contributed by atoms with Crippen molar-refractivity contribution in [2.24, 2.45) is 0 Å². The van der Waals surface area contributed by atoms with Gasteiger partial charge in [0.2, 0.25) is 5.91 Å². The van der Waals surface area contributed by atoms with Crippen LogP contribution in [0.5, 0.6) is 5.75 Å². The van der Waals surface area contributed by atoms with Crippen LogP contribution in [0, 0.1) is 0 Å². The van der Waals surface area contributed by atoms with Crippen LogP contribution in [0.1, 0.15) is 24.8 Å². The maximum Gasteiger partial charge on any atom is 0.317 e. The number of carboxylic acids is 1. The Morgan fingerprint density at radius 2 is 2.04 bits per heavy atom. The first-order valence-electron chi connectivity index (χ1n) is 9.40. The monoisotopic (exact) mass is 376 g/mol. The zero-order valence-electron chi connectivity index (χ0n) is 16.0. The number of carboxylic acid groups (broad SMARTS) is 1. The Labute approximate surface area is 159 Å². The number of hydrogen-bond acceptors (Lipinski definition) is 5. The largest absolute Gasteiger partial charge is 0.497 e. The molecule has 7 heteroatoms. The second-order valence-electron chi connectivity index (χ2n) is 7.50. The van der Waals surface area contributed by atoms with Crippen LogP contribution in [-0.2, 0) is 19.7 Å². The van der Waals surface area contributed by atoms with Gasteiger partial charge in [-0.25, -0.2) is 0 Å².